The first kappa shape index (κ1) is 38.3. The van der Waals surface area contributed by atoms with Gasteiger partial charge < -0.3 is 23.4 Å². The summed E-state index contributed by atoms with van der Waals surface area (Å²) in [5.74, 6) is -3.12. The van der Waals surface area contributed by atoms with E-state index in [4.69, 9.17) is 23.4 Å². The van der Waals surface area contributed by atoms with Gasteiger partial charge in [0.05, 0.1) is 29.2 Å². The molecule has 10 atom stereocenters. The number of aliphatic carboxylic acids is 1. The number of carbonyl (C=O) groups is 4. The number of aromatic nitrogens is 2. The van der Waals surface area contributed by atoms with E-state index < -0.39 is 57.4 Å². The summed E-state index contributed by atoms with van der Waals surface area (Å²) in [5, 5.41) is 15.1. The van der Waals surface area contributed by atoms with Gasteiger partial charge in [-0.1, -0.05) is 33.3 Å². The van der Waals surface area contributed by atoms with Crippen molar-refractivity contribution in [3.8, 4) is 0 Å². The Bertz CT molecular complexity index is 2010. The lowest BCUT2D eigenvalue weighted by molar-refractivity contribution is -0.209. The molecule has 5 aliphatic rings. The van der Waals surface area contributed by atoms with Crippen molar-refractivity contribution in [1.82, 2.24) is 9.78 Å². The minimum Gasteiger partial charge on any atom is -0.481 e. The largest absolute Gasteiger partial charge is 0.519 e. The molecule has 0 spiro atoms. The average Bonchev–Trinajstić information content (AvgIpc) is 3.64. The molecule has 4 fully saturated rings. The van der Waals surface area contributed by atoms with Crippen molar-refractivity contribution in [2.45, 2.75) is 133 Å². The minimum absolute atomic E-state index is 0.00915. The molecule has 2 aromatic heterocycles. The van der Waals surface area contributed by atoms with Crippen LogP contribution >= 0.6 is 0 Å². The molecule has 1 N–H and O–H groups in total. The van der Waals surface area contributed by atoms with E-state index in [0.717, 1.165) is 24.8 Å². The van der Waals surface area contributed by atoms with Crippen molar-refractivity contribution in [1.29, 1.82) is 0 Å². The highest BCUT2D eigenvalue weighted by Gasteiger charge is 2.72. The summed E-state index contributed by atoms with van der Waals surface area (Å²) in [4.78, 5) is 67.6. The lowest BCUT2D eigenvalue weighted by Gasteiger charge is -2.70. The molecule has 294 valence electrons. The number of ketones is 1. The monoisotopic (exact) mass is 748 g/mol. The highest BCUT2D eigenvalue weighted by molar-refractivity contribution is 5.96. The molecule has 4 saturated carbocycles. The zero-order chi connectivity index (χ0) is 39.4. The van der Waals surface area contributed by atoms with E-state index in [1.54, 1.807) is 31.5 Å². The van der Waals surface area contributed by atoms with Crippen molar-refractivity contribution in [2.24, 2.45) is 50.2 Å². The van der Waals surface area contributed by atoms with Gasteiger partial charge in [0.1, 0.15) is 5.69 Å². The smallest absolute Gasteiger partial charge is 0.481 e. The maximum Gasteiger partial charge on any atom is 0.519 e. The van der Waals surface area contributed by atoms with E-state index in [1.807, 2.05) is 19.9 Å². The molecule has 0 aromatic carbocycles. The van der Waals surface area contributed by atoms with Crippen LogP contribution in [0.1, 0.15) is 140 Å². The number of carboxylic acid groups (broad SMARTS) is 1. The van der Waals surface area contributed by atoms with Crippen LogP contribution < -0.4 is 5.82 Å². The molecule has 0 amide bonds. The zero-order valence-corrected chi connectivity index (χ0v) is 33.3. The normalized spacial score (nSPS) is 40.0. The second-order valence-corrected chi connectivity index (χ2v) is 18.7. The van der Waals surface area contributed by atoms with E-state index in [2.05, 4.69) is 27.7 Å². The average molecular weight is 749 g/mol. The summed E-state index contributed by atoms with van der Waals surface area (Å²) in [5.41, 5.74) is -1.66. The third-order valence-corrected chi connectivity index (χ3v) is 16.0. The highest BCUT2D eigenvalue weighted by atomic mass is 16.6. The number of hydrogen-bond acceptors (Lipinski definition) is 10. The molecule has 12 nitrogen and oxygen atoms in total. The summed E-state index contributed by atoms with van der Waals surface area (Å²) in [7, 11) is 0. The van der Waals surface area contributed by atoms with Crippen molar-refractivity contribution in [3.05, 3.63) is 51.2 Å². The predicted octanol–water partition coefficient (Wildman–Crippen LogP) is 7.55. The van der Waals surface area contributed by atoms with Crippen molar-refractivity contribution in [3.63, 3.8) is 0 Å². The van der Waals surface area contributed by atoms with Crippen LogP contribution in [0.2, 0.25) is 0 Å². The Morgan fingerprint density at radius 2 is 1.65 bits per heavy atom. The molecule has 0 bridgehead atoms. The Hall–Kier alpha value is -3.96. The van der Waals surface area contributed by atoms with Gasteiger partial charge in [-0.3, -0.25) is 19.1 Å². The molecular weight excluding hydrogens is 692 g/mol. The van der Waals surface area contributed by atoms with Gasteiger partial charge in [0, 0.05) is 5.92 Å². The summed E-state index contributed by atoms with van der Waals surface area (Å²) in [6.07, 6.45) is 8.05. The number of fused-ring (bicyclic) bond motifs is 7. The second kappa shape index (κ2) is 12.5. The first-order valence-electron chi connectivity index (χ1n) is 19.7. The van der Waals surface area contributed by atoms with Crippen LogP contribution in [0.15, 0.2) is 31.3 Å². The Balaban J connectivity index is 1.32. The number of hydrogen-bond donors (Lipinski definition) is 1. The van der Waals surface area contributed by atoms with E-state index in [9.17, 15) is 24.3 Å². The van der Waals surface area contributed by atoms with Crippen molar-refractivity contribution >= 4 is 23.7 Å². The number of carbonyl (C=O) groups excluding carboxylic acids is 3. The van der Waals surface area contributed by atoms with E-state index >= 15 is 4.79 Å². The van der Waals surface area contributed by atoms with Gasteiger partial charge in [-0.2, -0.15) is 5.10 Å². The fraction of sp³-hybridized carbons (Fsp3) is 0.714. The van der Waals surface area contributed by atoms with Gasteiger partial charge >= 0.3 is 23.7 Å². The quantitative estimate of drug-likeness (QED) is 0.278. The number of aryl methyl sites for hydroxylation is 2. The Labute approximate surface area is 316 Å². The molecule has 2 aromatic rings. The van der Waals surface area contributed by atoms with E-state index in [-0.39, 0.29) is 58.9 Å². The van der Waals surface area contributed by atoms with Crippen LogP contribution in [0.5, 0.6) is 0 Å². The zero-order valence-electron chi connectivity index (χ0n) is 33.3. The topological polar surface area (TPSA) is 168 Å². The summed E-state index contributed by atoms with van der Waals surface area (Å²) in [6.45, 7) is 17.7. The predicted molar refractivity (Wildman–Crippen MR) is 195 cm³/mol. The third-order valence-electron chi connectivity index (χ3n) is 16.0. The SMILES string of the molecule is CCOC(=O)c1cc(C)nn1[C@H]1CC[C@@]2(C)C(CC[C@]3(C)[C@@H]2C(=O)C=C2[C@@H]4C[C@@](C)(C(=O)O)CC[C@]4(C)CC[C@]23C)[C@]1(C)C(=O)OCc1oc(=O)oc1C. The minimum atomic E-state index is -1.27. The summed E-state index contributed by atoms with van der Waals surface area (Å²) >= 11 is 0. The van der Waals surface area contributed by atoms with Gasteiger partial charge in [-0.25, -0.2) is 9.59 Å². The number of ether oxygens (including phenoxy) is 2. The van der Waals surface area contributed by atoms with Gasteiger partial charge in [0.15, 0.2) is 23.9 Å². The van der Waals surface area contributed by atoms with Crippen LogP contribution in [0.3, 0.4) is 0 Å². The lowest BCUT2D eigenvalue weighted by atomic mass is 9.33. The first-order chi connectivity index (χ1) is 25.2. The molecule has 5 aliphatic carbocycles. The first-order valence-corrected chi connectivity index (χ1v) is 19.7. The van der Waals surface area contributed by atoms with Crippen LogP contribution in [0.4, 0.5) is 0 Å². The second-order valence-electron chi connectivity index (χ2n) is 18.7. The standard InChI is InChI=1S/C42H56N2O10/c1-10-51-33(46)27-19-23(2)43-44(27)31-12-13-39(6)30(42(31,9)35(49)52-22-29-24(3)53-36(50)54-29)11-14-41(8)32(39)28(45)20-25-26-21-38(5,34(47)48)16-15-37(26,4)17-18-40(25,41)7/h19-20,26,30-32H,10-18,21-22H2,1-9H3,(H,47,48)/t26-,30?,31-,32+,37+,38-,39-,40+,41+,42-/m0/s1. The number of carboxylic acids is 1. The van der Waals surface area contributed by atoms with Crippen LogP contribution in [0, 0.1) is 64.1 Å². The third kappa shape index (κ3) is 5.27. The molecule has 54 heavy (non-hydrogen) atoms. The molecule has 2 heterocycles. The Morgan fingerprint density at radius 3 is 2.30 bits per heavy atom. The van der Waals surface area contributed by atoms with Crippen LogP contribution in [-0.2, 0) is 30.5 Å². The maximum atomic E-state index is 15.0. The van der Waals surface area contributed by atoms with Gasteiger partial charge in [-0.15, -0.1) is 0 Å². The maximum absolute atomic E-state index is 15.0. The van der Waals surface area contributed by atoms with E-state index in [1.165, 1.54) is 0 Å². The number of esters is 2. The Morgan fingerprint density at radius 1 is 0.944 bits per heavy atom. The van der Waals surface area contributed by atoms with Crippen molar-refractivity contribution < 1.29 is 42.6 Å². The fourth-order valence-electron chi connectivity index (χ4n) is 12.6. The molecule has 12 heteroatoms. The molecule has 7 rings (SSSR count). The van der Waals surface area contributed by atoms with Crippen LogP contribution in [0.25, 0.3) is 0 Å². The van der Waals surface area contributed by atoms with Crippen LogP contribution in [-0.4, -0.2) is 45.2 Å². The van der Waals surface area contributed by atoms with E-state index in [0.29, 0.717) is 44.2 Å². The molecule has 1 unspecified atom stereocenters. The molecule has 0 saturated heterocycles. The molecule has 0 aliphatic heterocycles. The Kier molecular flexibility index (Phi) is 8.89. The fourth-order valence-corrected chi connectivity index (χ4v) is 12.6. The van der Waals surface area contributed by atoms with Gasteiger partial charge in [0.25, 0.3) is 0 Å². The number of allylic oxidation sites excluding steroid dienone is 2. The molecular formula is C42H56N2O10. The summed E-state index contributed by atoms with van der Waals surface area (Å²) < 4.78 is 23.3. The van der Waals surface area contributed by atoms with Gasteiger partial charge in [0.2, 0.25) is 0 Å². The molecule has 0 radical (unpaired) electrons. The van der Waals surface area contributed by atoms with Crippen molar-refractivity contribution in [2.75, 3.05) is 6.61 Å². The number of rotatable bonds is 7. The number of nitrogens with zero attached hydrogens (tertiary/aromatic N) is 2. The lowest BCUT2D eigenvalue weighted by Crippen LogP contribution is -2.67. The summed E-state index contributed by atoms with van der Waals surface area (Å²) in [6, 6.07) is 1.07. The van der Waals surface area contributed by atoms with Gasteiger partial charge in [-0.05, 0) is 138 Å². The highest BCUT2D eigenvalue weighted by Crippen LogP contribution is 2.76.